The van der Waals surface area contributed by atoms with Crippen molar-refractivity contribution in [2.45, 2.75) is 33.1 Å². The van der Waals surface area contributed by atoms with Crippen LogP contribution in [0.4, 0.5) is 5.69 Å². The lowest BCUT2D eigenvalue weighted by atomic mass is 9.97. The maximum Gasteiger partial charge on any atom is 0.286 e. The van der Waals surface area contributed by atoms with E-state index in [-0.39, 0.29) is 27.7 Å². The standard InChI is InChI=1S/C21H26ClN5O3S/c1-13(2)8-9-23-17(28)14-5-4-10-27(12-14)21(30)20-26-25-19(31-20)18(29)24-16-7-3-6-15(22)11-16/h3,6-7,11,13-14H,4-5,8-10,12H2,1-2H3,(H,23,28)(H,24,29)/t14-/m1/s1. The van der Waals surface area contributed by atoms with Gasteiger partial charge < -0.3 is 15.5 Å². The van der Waals surface area contributed by atoms with Crippen molar-refractivity contribution in [1.29, 1.82) is 0 Å². The van der Waals surface area contributed by atoms with Crippen LogP contribution in [-0.4, -0.2) is 52.5 Å². The van der Waals surface area contributed by atoms with Gasteiger partial charge in [0.05, 0.1) is 5.92 Å². The van der Waals surface area contributed by atoms with Gasteiger partial charge in [-0.1, -0.05) is 42.9 Å². The highest BCUT2D eigenvalue weighted by Crippen LogP contribution is 2.21. The maximum absolute atomic E-state index is 12.9. The molecule has 1 aromatic heterocycles. The summed E-state index contributed by atoms with van der Waals surface area (Å²) in [6.07, 6.45) is 2.42. The Morgan fingerprint density at radius 3 is 2.77 bits per heavy atom. The normalized spacial score (nSPS) is 16.3. The number of likely N-dealkylation sites (tertiary alicyclic amines) is 1. The van der Waals surface area contributed by atoms with Gasteiger partial charge in [-0.2, -0.15) is 0 Å². The highest BCUT2D eigenvalue weighted by Gasteiger charge is 2.30. The van der Waals surface area contributed by atoms with Gasteiger partial charge in [0.2, 0.25) is 15.9 Å². The molecular formula is C21H26ClN5O3S. The maximum atomic E-state index is 12.9. The minimum atomic E-state index is -0.458. The summed E-state index contributed by atoms with van der Waals surface area (Å²) in [5, 5.41) is 14.1. The zero-order valence-corrected chi connectivity index (χ0v) is 19.1. The minimum Gasteiger partial charge on any atom is -0.356 e. The Labute approximate surface area is 190 Å². The summed E-state index contributed by atoms with van der Waals surface area (Å²) in [6, 6.07) is 6.75. The summed E-state index contributed by atoms with van der Waals surface area (Å²) < 4.78 is 0. The molecule has 0 spiro atoms. The molecule has 1 aliphatic rings. The molecule has 3 rings (SSSR count). The molecule has 1 aliphatic heterocycles. The van der Waals surface area contributed by atoms with E-state index in [4.69, 9.17) is 11.6 Å². The van der Waals surface area contributed by atoms with E-state index in [1.54, 1.807) is 29.2 Å². The number of aromatic nitrogens is 2. The molecule has 1 aromatic carbocycles. The molecule has 0 unspecified atom stereocenters. The molecule has 2 heterocycles. The molecule has 0 radical (unpaired) electrons. The highest BCUT2D eigenvalue weighted by molar-refractivity contribution is 7.15. The molecule has 8 nitrogen and oxygen atoms in total. The van der Waals surface area contributed by atoms with E-state index in [1.807, 2.05) is 0 Å². The van der Waals surface area contributed by atoms with Crippen LogP contribution < -0.4 is 10.6 Å². The number of carbonyl (C=O) groups excluding carboxylic acids is 3. The fourth-order valence-electron chi connectivity index (χ4n) is 3.29. The first-order chi connectivity index (χ1) is 14.8. The number of rotatable bonds is 7. The van der Waals surface area contributed by atoms with Crippen LogP contribution >= 0.6 is 22.9 Å². The molecule has 166 valence electrons. The van der Waals surface area contributed by atoms with Crippen molar-refractivity contribution >= 4 is 46.3 Å². The van der Waals surface area contributed by atoms with E-state index in [0.29, 0.717) is 36.3 Å². The van der Waals surface area contributed by atoms with Gasteiger partial charge in [0, 0.05) is 30.3 Å². The Balaban J connectivity index is 1.58. The van der Waals surface area contributed by atoms with E-state index in [9.17, 15) is 14.4 Å². The Morgan fingerprint density at radius 1 is 1.26 bits per heavy atom. The lowest BCUT2D eigenvalue weighted by molar-refractivity contribution is -0.126. The first-order valence-corrected chi connectivity index (χ1v) is 11.5. The fourth-order valence-corrected chi connectivity index (χ4v) is 4.19. The largest absolute Gasteiger partial charge is 0.356 e. The van der Waals surface area contributed by atoms with Crippen LogP contribution in [0.1, 0.15) is 52.7 Å². The van der Waals surface area contributed by atoms with Crippen LogP contribution in [-0.2, 0) is 4.79 Å². The number of piperidine rings is 1. The van der Waals surface area contributed by atoms with Crippen molar-refractivity contribution in [3.8, 4) is 0 Å². The molecule has 3 amide bonds. The van der Waals surface area contributed by atoms with E-state index >= 15 is 0 Å². The first kappa shape index (κ1) is 23.1. The summed E-state index contributed by atoms with van der Waals surface area (Å²) in [6.45, 7) is 5.76. The lowest BCUT2D eigenvalue weighted by Gasteiger charge is -2.31. The number of benzene rings is 1. The number of nitrogens with zero attached hydrogens (tertiary/aromatic N) is 3. The first-order valence-electron chi connectivity index (χ1n) is 10.3. The second-order valence-corrected chi connectivity index (χ2v) is 9.35. The Kier molecular flexibility index (Phi) is 7.97. The highest BCUT2D eigenvalue weighted by atomic mass is 35.5. The fraction of sp³-hybridized carbons (Fsp3) is 0.476. The average Bonchev–Trinajstić information content (AvgIpc) is 3.23. The van der Waals surface area contributed by atoms with Gasteiger partial charge in [-0.05, 0) is 43.4 Å². The average molecular weight is 464 g/mol. The van der Waals surface area contributed by atoms with Gasteiger partial charge in [0.1, 0.15) is 0 Å². The number of hydrogen-bond donors (Lipinski definition) is 2. The quantitative estimate of drug-likeness (QED) is 0.654. The van der Waals surface area contributed by atoms with Gasteiger partial charge in [-0.25, -0.2) is 0 Å². The molecule has 1 atom stereocenters. The van der Waals surface area contributed by atoms with Crippen LogP contribution in [0.3, 0.4) is 0 Å². The van der Waals surface area contributed by atoms with Crippen molar-refractivity contribution in [1.82, 2.24) is 20.4 Å². The summed E-state index contributed by atoms with van der Waals surface area (Å²) in [7, 11) is 0. The molecule has 1 saturated heterocycles. The molecule has 0 saturated carbocycles. The minimum absolute atomic E-state index is 0.0167. The number of carbonyl (C=O) groups is 3. The summed E-state index contributed by atoms with van der Waals surface area (Å²) in [4.78, 5) is 39.3. The van der Waals surface area contributed by atoms with E-state index in [2.05, 4.69) is 34.7 Å². The second kappa shape index (κ2) is 10.7. The molecule has 0 bridgehead atoms. The van der Waals surface area contributed by atoms with E-state index < -0.39 is 5.91 Å². The number of nitrogens with one attached hydrogen (secondary N) is 2. The number of halogens is 1. The zero-order valence-electron chi connectivity index (χ0n) is 17.6. The Morgan fingerprint density at radius 2 is 2.03 bits per heavy atom. The van der Waals surface area contributed by atoms with E-state index in [0.717, 1.165) is 30.6 Å². The second-order valence-electron chi connectivity index (χ2n) is 7.94. The van der Waals surface area contributed by atoms with Crippen molar-refractivity contribution in [2.24, 2.45) is 11.8 Å². The lowest BCUT2D eigenvalue weighted by Crippen LogP contribution is -2.45. The molecule has 0 aliphatic carbocycles. The van der Waals surface area contributed by atoms with Gasteiger partial charge in [-0.3, -0.25) is 14.4 Å². The van der Waals surface area contributed by atoms with Gasteiger partial charge in [0.25, 0.3) is 11.8 Å². The molecule has 1 fully saturated rings. The SMILES string of the molecule is CC(C)CCNC(=O)[C@@H]1CCCN(C(=O)c2nnc(C(=O)Nc3cccc(Cl)c3)s2)C1. The van der Waals surface area contributed by atoms with Gasteiger partial charge >= 0.3 is 0 Å². The number of anilines is 1. The summed E-state index contributed by atoms with van der Waals surface area (Å²) >= 11 is 6.86. The third-order valence-electron chi connectivity index (χ3n) is 4.98. The van der Waals surface area contributed by atoms with Crippen LogP contribution in [0.5, 0.6) is 0 Å². The molecule has 2 aromatic rings. The zero-order chi connectivity index (χ0) is 22.4. The molecule has 2 N–H and O–H groups in total. The number of hydrogen-bond acceptors (Lipinski definition) is 6. The van der Waals surface area contributed by atoms with Crippen LogP contribution in [0.15, 0.2) is 24.3 Å². The van der Waals surface area contributed by atoms with Crippen molar-refractivity contribution in [3.63, 3.8) is 0 Å². The van der Waals surface area contributed by atoms with Crippen molar-refractivity contribution in [3.05, 3.63) is 39.3 Å². The third kappa shape index (κ3) is 6.48. The monoisotopic (exact) mass is 463 g/mol. The van der Waals surface area contributed by atoms with Crippen LogP contribution in [0.2, 0.25) is 5.02 Å². The summed E-state index contributed by atoms with van der Waals surface area (Å²) in [5.74, 6) is -0.494. The molecule has 10 heteroatoms. The van der Waals surface area contributed by atoms with Gasteiger partial charge in [-0.15, -0.1) is 10.2 Å². The van der Waals surface area contributed by atoms with Crippen LogP contribution in [0.25, 0.3) is 0 Å². The summed E-state index contributed by atoms with van der Waals surface area (Å²) in [5.41, 5.74) is 0.530. The number of amides is 3. The Hall–Kier alpha value is -2.52. The van der Waals surface area contributed by atoms with Crippen molar-refractivity contribution in [2.75, 3.05) is 25.0 Å². The smallest absolute Gasteiger partial charge is 0.286 e. The molecular weight excluding hydrogens is 438 g/mol. The van der Waals surface area contributed by atoms with Crippen molar-refractivity contribution < 1.29 is 14.4 Å². The topological polar surface area (TPSA) is 104 Å². The predicted octanol–water partition coefficient (Wildman–Crippen LogP) is 3.46. The Bertz CT molecular complexity index is 949. The third-order valence-corrected chi connectivity index (χ3v) is 6.13. The van der Waals surface area contributed by atoms with Crippen LogP contribution in [0, 0.1) is 11.8 Å². The predicted molar refractivity (Wildman–Crippen MR) is 120 cm³/mol. The molecule has 31 heavy (non-hydrogen) atoms. The van der Waals surface area contributed by atoms with Gasteiger partial charge in [0.15, 0.2) is 0 Å². The van der Waals surface area contributed by atoms with E-state index in [1.165, 1.54) is 0 Å².